The van der Waals surface area contributed by atoms with Crippen molar-refractivity contribution in [1.29, 1.82) is 0 Å². The van der Waals surface area contributed by atoms with Crippen LogP contribution in [-0.2, 0) is 4.79 Å². The monoisotopic (exact) mass is 138 g/mol. The SMILES string of the molecule is C=CC(C)C(C=O)C(=C)C. The molecule has 0 heterocycles. The lowest BCUT2D eigenvalue weighted by molar-refractivity contribution is -0.110. The highest BCUT2D eigenvalue weighted by atomic mass is 16.1. The number of aldehydes is 1. The highest BCUT2D eigenvalue weighted by molar-refractivity contribution is 5.59. The Morgan fingerprint density at radius 3 is 2.20 bits per heavy atom. The van der Waals surface area contributed by atoms with Gasteiger partial charge in [-0.05, 0) is 12.8 Å². The minimum Gasteiger partial charge on any atom is -0.303 e. The summed E-state index contributed by atoms with van der Waals surface area (Å²) >= 11 is 0. The van der Waals surface area contributed by atoms with Crippen molar-refractivity contribution in [2.75, 3.05) is 0 Å². The summed E-state index contributed by atoms with van der Waals surface area (Å²) in [4.78, 5) is 10.4. The Morgan fingerprint density at radius 2 is 2.10 bits per heavy atom. The Morgan fingerprint density at radius 1 is 1.60 bits per heavy atom. The minimum absolute atomic E-state index is 0.0579. The molecule has 0 spiro atoms. The number of carbonyl (C=O) groups excluding carboxylic acids is 1. The van der Waals surface area contributed by atoms with Gasteiger partial charge in [-0.25, -0.2) is 0 Å². The first-order chi connectivity index (χ1) is 4.63. The number of carbonyl (C=O) groups is 1. The molecule has 0 fully saturated rings. The summed E-state index contributed by atoms with van der Waals surface area (Å²) in [5.74, 6) is 0.146. The smallest absolute Gasteiger partial charge is 0.127 e. The molecule has 56 valence electrons. The molecule has 0 aliphatic rings. The molecule has 0 bridgehead atoms. The van der Waals surface area contributed by atoms with E-state index in [1.165, 1.54) is 0 Å². The molecule has 2 atom stereocenters. The zero-order valence-electron chi connectivity index (χ0n) is 6.63. The normalized spacial score (nSPS) is 15.4. The first kappa shape index (κ1) is 9.15. The molecule has 0 aliphatic heterocycles. The van der Waals surface area contributed by atoms with E-state index < -0.39 is 0 Å². The largest absolute Gasteiger partial charge is 0.303 e. The molecule has 2 unspecified atom stereocenters. The van der Waals surface area contributed by atoms with Gasteiger partial charge in [-0.2, -0.15) is 0 Å². The second kappa shape index (κ2) is 4.04. The van der Waals surface area contributed by atoms with Gasteiger partial charge in [-0.3, -0.25) is 0 Å². The van der Waals surface area contributed by atoms with Crippen LogP contribution in [0.3, 0.4) is 0 Å². The van der Waals surface area contributed by atoms with Crippen LogP contribution in [0, 0.1) is 11.8 Å². The first-order valence-electron chi connectivity index (χ1n) is 3.36. The Labute approximate surface area is 62.4 Å². The second-order valence-corrected chi connectivity index (χ2v) is 2.60. The van der Waals surface area contributed by atoms with Gasteiger partial charge in [0.1, 0.15) is 6.29 Å². The fourth-order valence-corrected chi connectivity index (χ4v) is 0.835. The molecule has 0 aromatic rings. The third-order valence-corrected chi connectivity index (χ3v) is 1.65. The van der Waals surface area contributed by atoms with Gasteiger partial charge in [0.25, 0.3) is 0 Å². The van der Waals surface area contributed by atoms with Gasteiger partial charge < -0.3 is 4.79 Å². The molecule has 0 amide bonds. The van der Waals surface area contributed by atoms with E-state index >= 15 is 0 Å². The van der Waals surface area contributed by atoms with Gasteiger partial charge in [-0.1, -0.05) is 25.2 Å². The van der Waals surface area contributed by atoms with Gasteiger partial charge >= 0.3 is 0 Å². The van der Waals surface area contributed by atoms with Crippen molar-refractivity contribution in [3.8, 4) is 0 Å². The Kier molecular flexibility index (Phi) is 3.70. The van der Waals surface area contributed by atoms with Crippen LogP contribution >= 0.6 is 0 Å². The fourth-order valence-electron chi connectivity index (χ4n) is 0.835. The van der Waals surface area contributed by atoms with Gasteiger partial charge in [-0.15, -0.1) is 6.58 Å². The Hall–Kier alpha value is -0.850. The molecular weight excluding hydrogens is 124 g/mol. The average Bonchev–Trinajstić information content (AvgIpc) is 1.88. The summed E-state index contributed by atoms with van der Waals surface area (Å²) < 4.78 is 0. The summed E-state index contributed by atoms with van der Waals surface area (Å²) in [5.41, 5.74) is 0.905. The molecule has 1 heteroatoms. The highest BCUT2D eigenvalue weighted by Gasteiger charge is 2.12. The predicted molar refractivity (Wildman–Crippen MR) is 43.7 cm³/mol. The van der Waals surface area contributed by atoms with Crippen molar-refractivity contribution < 1.29 is 4.79 Å². The highest BCUT2D eigenvalue weighted by Crippen LogP contribution is 2.16. The average molecular weight is 138 g/mol. The van der Waals surface area contributed by atoms with Crippen molar-refractivity contribution in [3.63, 3.8) is 0 Å². The lowest BCUT2D eigenvalue weighted by Crippen LogP contribution is -2.11. The quantitative estimate of drug-likeness (QED) is 0.430. The van der Waals surface area contributed by atoms with E-state index in [-0.39, 0.29) is 11.8 Å². The molecule has 0 rings (SSSR count). The van der Waals surface area contributed by atoms with Gasteiger partial charge in [0.2, 0.25) is 0 Å². The zero-order chi connectivity index (χ0) is 8.15. The topological polar surface area (TPSA) is 17.1 Å². The maximum Gasteiger partial charge on any atom is 0.127 e. The van der Waals surface area contributed by atoms with E-state index in [1.54, 1.807) is 6.08 Å². The minimum atomic E-state index is -0.0579. The van der Waals surface area contributed by atoms with Crippen molar-refractivity contribution >= 4 is 6.29 Å². The van der Waals surface area contributed by atoms with Crippen LogP contribution in [0.5, 0.6) is 0 Å². The van der Waals surface area contributed by atoms with E-state index in [1.807, 2.05) is 13.8 Å². The van der Waals surface area contributed by atoms with Crippen LogP contribution in [0.25, 0.3) is 0 Å². The molecule has 0 saturated carbocycles. The molecule has 0 saturated heterocycles. The van der Waals surface area contributed by atoms with Crippen molar-refractivity contribution in [3.05, 3.63) is 24.8 Å². The van der Waals surface area contributed by atoms with Gasteiger partial charge in [0, 0.05) is 5.92 Å². The Balaban J connectivity index is 4.19. The molecule has 0 radical (unpaired) electrons. The second-order valence-electron chi connectivity index (χ2n) is 2.60. The third kappa shape index (κ3) is 2.18. The third-order valence-electron chi connectivity index (χ3n) is 1.65. The molecule has 1 nitrogen and oxygen atoms in total. The van der Waals surface area contributed by atoms with Crippen LogP contribution in [0.2, 0.25) is 0 Å². The number of allylic oxidation sites excluding steroid dienone is 2. The molecular formula is C9H14O. The van der Waals surface area contributed by atoms with Crippen LogP contribution in [0.4, 0.5) is 0 Å². The molecule has 0 N–H and O–H groups in total. The van der Waals surface area contributed by atoms with E-state index in [0.717, 1.165) is 11.9 Å². The van der Waals surface area contributed by atoms with Crippen LogP contribution in [0.15, 0.2) is 24.8 Å². The van der Waals surface area contributed by atoms with Crippen molar-refractivity contribution in [2.24, 2.45) is 11.8 Å². The van der Waals surface area contributed by atoms with Crippen molar-refractivity contribution in [1.82, 2.24) is 0 Å². The van der Waals surface area contributed by atoms with Crippen LogP contribution < -0.4 is 0 Å². The number of hydrogen-bond acceptors (Lipinski definition) is 1. The standard InChI is InChI=1S/C9H14O/c1-5-8(4)9(6-10)7(2)3/h5-6,8-9H,1-2H2,3-4H3. The van der Waals surface area contributed by atoms with E-state index in [4.69, 9.17) is 0 Å². The molecule has 0 aliphatic carbocycles. The maximum absolute atomic E-state index is 10.4. The predicted octanol–water partition coefficient (Wildman–Crippen LogP) is 2.20. The summed E-state index contributed by atoms with van der Waals surface area (Å²) in [6.07, 6.45) is 2.70. The zero-order valence-corrected chi connectivity index (χ0v) is 6.63. The summed E-state index contributed by atoms with van der Waals surface area (Å²) in [6.45, 7) is 11.1. The fraction of sp³-hybridized carbons (Fsp3) is 0.444. The molecule has 10 heavy (non-hydrogen) atoms. The van der Waals surface area contributed by atoms with Crippen LogP contribution in [0.1, 0.15) is 13.8 Å². The molecule has 0 aromatic heterocycles. The van der Waals surface area contributed by atoms with E-state index in [9.17, 15) is 4.79 Å². The van der Waals surface area contributed by atoms with Gasteiger partial charge in [0.05, 0.1) is 0 Å². The van der Waals surface area contributed by atoms with Gasteiger partial charge in [0.15, 0.2) is 0 Å². The lowest BCUT2D eigenvalue weighted by atomic mass is 9.90. The summed E-state index contributed by atoms with van der Waals surface area (Å²) in [7, 11) is 0. The number of rotatable bonds is 4. The first-order valence-corrected chi connectivity index (χ1v) is 3.36. The summed E-state index contributed by atoms with van der Waals surface area (Å²) in [5, 5.41) is 0. The van der Waals surface area contributed by atoms with Crippen LogP contribution in [-0.4, -0.2) is 6.29 Å². The lowest BCUT2D eigenvalue weighted by Gasteiger charge is -2.13. The van der Waals surface area contributed by atoms with Crippen molar-refractivity contribution in [2.45, 2.75) is 13.8 Å². The summed E-state index contributed by atoms with van der Waals surface area (Å²) in [6, 6.07) is 0. The van der Waals surface area contributed by atoms with E-state index in [0.29, 0.717) is 0 Å². The number of hydrogen-bond donors (Lipinski definition) is 0. The Bertz CT molecular complexity index is 147. The molecule has 0 aromatic carbocycles. The maximum atomic E-state index is 10.4. The van der Waals surface area contributed by atoms with E-state index in [2.05, 4.69) is 13.2 Å².